The van der Waals surface area contributed by atoms with Crippen molar-refractivity contribution in [2.24, 2.45) is 4.99 Å². The van der Waals surface area contributed by atoms with E-state index < -0.39 is 0 Å². The van der Waals surface area contributed by atoms with Gasteiger partial charge in [-0.1, -0.05) is 30.3 Å². The Kier molecular flexibility index (Phi) is 10.2. The van der Waals surface area contributed by atoms with Crippen LogP contribution in [0.3, 0.4) is 0 Å². The standard InChI is InChI=1S/C23H31N3O3.HI/c1-17-9-10-19(22(13-17)28-12-6-11-27-3)15-25-23(24-2)26-16-20-14-18-7-4-5-8-21(18)29-20;/h4-5,7-10,13,20H,6,11-12,14-16H2,1-3H3,(H2,24,25,26);1H. The number of aryl methyl sites for hydroxylation is 1. The molecule has 1 unspecified atom stereocenters. The highest BCUT2D eigenvalue weighted by Gasteiger charge is 2.22. The molecule has 0 bridgehead atoms. The van der Waals surface area contributed by atoms with Crippen molar-refractivity contribution < 1.29 is 14.2 Å². The van der Waals surface area contributed by atoms with E-state index in [-0.39, 0.29) is 30.1 Å². The molecule has 164 valence electrons. The van der Waals surface area contributed by atoms with E-state index in [0.29, 0.717) is 26.3 Å². The van der Waals surface area contributed by atoms with Crippen molar-refractivity contribution in [3.8, 4) is 11.5 Å². The van der Waals surface area contributed by atoms with Gasteiger partial charge < -0.3 is 24.8 Å². The third-order valence-corrected chi connectivity index (χ3v) is 4.85. The number of aliphatic imine (C=N–C) groups is 1. The lowest BCUT2D eigenvalue weighted by Gasteiger charge is -2.17. The Bertz CT molecular complexity index is 804. The van der Waals surface area contributed by atoms with Crippen LogP contribution in [0.4, 0.5) is 0 Å². The van der Waals surface area contributed by atoms with Crippen LogP contribution in [0, 0.1) is 6.92 Å². The lowest BCUT2D eigenvalue weighted by Crippen LogP contribution is -2.42. The van der Waals surface area contributed by atoms with Gasteiger partial charge >= 0.3 is 0 Å². The molecule has 6 nitrogen and oxygen atoms in total. The van der Waals surface area contributed by atoms with Crippen molar-refractivity contribution in [2.75, 3.05) is 33.9 Å². The van der Waals surface area contributed by atoms with E-state index in [1.807, 2.05) is 12.1 Å². The summed E-state index contributed by atoms with van der Waals surface area (Å²) in [6.45, 7) is 4.73. The number of nitrogens with zero attached hydrogens (tertiary/aromatic N) is 1. The second kappa shape index (κ2) is 12.6. The van der Waals surface area contributed by atoms with Crippen molar-refractivity contribution in [1.29, 1.82) is 0 Å². The number of ether oxygens (including phenoxy) is 3. The Hall–Kier alpha value is -2.00. The predicted molar refractivity (Wildman–Crippen MR) is 131 cm³/mol. The summed E-state index contributed by atoms with van der Waals surface area (Å²) in [6, 6.07) is 14.5. The molecule has 1 aliphatic rings. The first-order valence-corrected chi connectivity index (χ1v) is 10.1. The molecule has 30 heavy (non-hydrogen) atoms. The van der Waals surface area contributed by atoms with Crippen LogP contribution < -0.4 is 20.1 Å². The minimum Gasteiger partial charge on any atom is -0.493 e. The first kappa shape index (κ1) is 24.3. The first-order chi connectivity index (χ1) is 14.2. The molecule has 2 aromatic carbocycles. The molecular weight excluding hydrogens is 493 g/mol. The number of fused-ring (bicyclic) bond motifs is 1. The molecule has 0 saturated carbocycles. The highest BCUT2D eigenvalue weighted by Crippen LogP contribution is 2.27. The largest absolute Gasteiger partial charge is 0.493 e. The van der Waals surface area contributed by atoms with Crippen LogP contribution in [0.15, 0.2) is 47.5 Å². The maximum absolute atomic E-state index is 5.99. The zero-order chi connectivity index (χ0) is 20.5. The Morgan fingerprint density at radius 2 is 2.00 bits per heavy atom. The summed E-state index contributed by atoms with van der Waals surface area (Å²) in [5, 5.41) is 6.73. The van der Waals surface area contributed by atoms with Crippen LogP contribution >= 0.6 is 24.0 Å². The van der Waals surface area contributed by atoms with Crippen molar-refractivity contribution >= 4 is 29.9 Å². The zero-order valence-corrected chi connectivity index (χ0v) is 20.3. The summed E-state index contributed by atoms with van der Waals surface area (Å²) < 4.78 is 17.0. The minimum atomic E-state index is 0. The summed E-state index contributed by atoms with van der Waals surface area (Å²) in [4.78, 5) is 4.33. The number of guanidine groups is 1. The number of hydrogen-bond donors (Lipinski definition) is 2. The van der Waals surface area contributed by atoms with E-state index >= 15 is 0 Å². The first-order valence-electron chi connectivity index (χ1n) is 10.1. The zero-order valence-electron chi connectivity index (χ0n) is 17.9. The second-order valence-electron chi connectivity index (χ2n) is 7.16. The smallest absolute Gasteiger partial charge is 0.191 e. The van der Waals surface area contributed by atoms with Gasteiger partial charge in [0, 0.05) is 45.7 Å². The number of benzene rings is 2. The minimum absolute atomic E-state index is 0. The Balaban J connectivity index is 0.00000320. The summed E-state index contributed by atoms with van der Waals surface area (Å²) in [7, 11) is 3.48. The molecular formula is C23H32IN3O3. The van der Waals surface area contributed by atoms with Crippen LogP contribution in [0.2, 0.25) is 0 Å². The van der Waals surface area contributed by atoms with E-state index in [9.17, 15) is 0 Å². The summed E-state index contributed by atoms with van der Waals surface area (Å²) in [6.07, 6.45) is 1.90. The lowest BCUT2D eigenvalue weighted by atomic mass is 10.1. The number of rotatable bonds is 9. The van der Waals surface area contributed by atoms with E-state index in [1.54, 1.807) is 14.2 Å². The van der Waals surface area contributed by atoms with Gasteiger partial charge in [0.25, 0.3) is 0 Å². The molecule has 2 N–H and O–H groups in total. The number of para-hydroxylation sites is 1. The molecule has 0 saturated heterocycles. The fourth-order valence-electron chi connectivity index (χ4n) is 3.31. The fraction of sp³-hybridized carbons (Fsp3) is 0.435. The second-order valence-corrected chi connectivity index (χ2v) is 7.16. The van der Waals surface area contributed by atoms with Crippen LogP contribution in [0.25, 0.3) is 0 Å². The quantitative estimate of drug-likeness (QED) is 0.226. The Morgan fingerprint density at radius 1 is 1.17 bits per heavy atom. The van der Waals surface area contributed by atoms with Crippen molar-refractivity contribution in [3.05, 3.63) is 59.2 Å². The van der Waals surface area contributed by atoms with Crippen molar-refractivity contribution in [2.45, 2.75) is 32.4 Å². The van der Waals surface area contributed by atoms with Crippen LogP contribution in [0.5, 0.6) is 11.5 Å². The molecule has 1 heterocycles. The van der Waals surface area contributed by atoms with E-state index in [2.05, 4.69) is 52.9 Å². The molecule has 0 spiro atoms. The number of methoxy groups -OCH3 is 1. The molecule has 1 atom stereocenters. The predicted octanol–water partition coefficient (Wildman–Crippen LogP) is 3.70. The highest BCUT2D eigenvalue weighted by atomic mass is 127. The third-order valence-electron chi connectivity index (χ3n) is 4.85. The Labute approximate surface area is 196 Å². The highest BCUT2D eigenvalue weighted by molar-refractivity contribution is 14.0. The molecule has 0 aliphatic carbocycles. The average Bonchev–Trinajstić information content (AvgIpc) is 3.15. The number of hydrogen-bond acceptors (Lipinski definition) is 4. The normalized spacial score (nSPS) is 15.0. The molecule has 2 aromatic rings. The number of halogens is 1. The molecule has 7 heteroatoms. The topological polar surface area (TPSA) is 64.1 Å². The van der Waals surface area contributed by atoms with Gasteiger partial charge in [0.05, 0.1) is 13.2 Å². The lowest BCUT2D eigenvalue weighted by molar-refractivity contribution is 0.171. The number of nitrogens with one attached hydrogen (secondary N) is 2. The summed E-state index contributed by atoms with van der Waals surface area (Å²) in [5.74, 6) is 2.63. The maximum atomic E-state index is 5.99. The van der Waals surface area contributed by atoms with Gasteiger partial charge in [0.2, 0.25) is 0 Å². The van der Waals surface area contributed by atoms with Gasteiger partial charge in [-0.2, -0.15) is 0 Å². The summed E-state index contributed by atoms with van der Waals surface area (Å²) >= 11 is 0. The maximum Gasteiger partial charge on any atom is 0.191 e. The van der Waals surface area contributed by atoms with Gasteiger partial charge in [0.15, 0.2) is 5.96 Å². The van der Waals surface area contributed by atoms with Crippen molar-refractivity contribution in [1.82, 2.24) is 10.6 Å². The van der Waals surface area contributed by atoms with Gasteiger partial charge in [-0.3, -0.25) is 4.99 Å². The average molecular weight is 525 g/mol. The molecule has 0 radical (unpaired) electrons. The van der Waals surface area contributed by atoms with E-state index in [0.717, 1.165) is 35.9 Å². The third kappa shape index (κ3) is 7.05. The van der Waals surface area contributed by atoms with Crippen LogP contribution in [-0.4, -0.2) is 46.0 Å². The summed E-state index contributed by atoms with van der Waals surface area (Å²) in [5.41, 5.74) is 3.54. The van der Waals surface area contributed by atoms with Crippen molar-refractivity contribution in [3.63, 3.8) is 0 Å². The van der Waals surface area contributed by atoms with Gasteiger partial charge in [-0.15, -0.1) is 24.0 Å². The molecule has 0 amide bonds. The van der Waals surface area contributed by atoms with Gasteiger partial charge in [-0.25, -0.2) is 0 Å². The SMILES string of the molecule is CN=C(NCc1ccc(C)cc1OCCCOC)NCC1Cc2ccccc2O1.I. The van der Waals surface area contributed by atoms with E-state index in [1.165, 1.54) is 11.1 Å². The molecule has 0 aromatic heterocycles. The van der Waals surface area contributed by atoms with Crippen LogP contribution in [0.1, 0.15) is 23.1 Å². The van der Waals surface area contributed by atoms with Gasteiger partial charge in [0.1, 0.15) is 17.6 Å². The monoisotopic (exact) mass is 525 g/mol. The molecule has 1 aliphatic heterocycles. The van der Waals surface area contributed by atoms with E-state index in [4.69, 9.17) is 14.2 Å². The molecule has 3 rings (SSSR count). The fourth-order valence-corrected chi connectivity index (χ4v) is 3.31. The Morgan fingerprint density at radius 3 is 2.77 bits per heavy atom. The molecule has 0 fully saturated rings. The van der Waals surface area contributed by atoms with Crippen LogP contribution in [-0.2, 0) is 17.7 Å². The van der Waals surface area contributed by atoms with Gasteiger partial charge in [-0.05, 0) is 30.2 Å².